The van der Waals surface area contributed by atoms with E-state index in [0.29, 0.717) is 0 Å². The molecular formula is C16H20O2. The summed E-state index contributed by atoms with van der Waals surface area (Å²) in [5.41, 5.74) is 5.20. The lowest BCUT2D eigenvalue weighted by Gasteiger charge is -2.13. The van der Waals surface area contributed by atoms with Gasteiger partial charge in [-0.05, 0) is 45.7 Å². The van der Waals surface area contributed by atoms with E-state index in [-0.39, 0.29) is 0 Å². The second kappa shape index (κ2) is 4.62. The van der Waals surface area contributed by atoms with Crippen molar-refractivity contribution in [2.75, 3.05) is 0 Å². The summed E-state index contributed by atoms with van der Waals surface area (Å²) in [6.07, 6.45) is -0.610. The SMILES string of the molecule is Cc1cc(C)cc(C(O)c2c(C)oc(C)c2C)c1. The van der Waals surface area contributed by atoms with E-state index in [1.54, 1.807) is 0 Å². The normalized spacial score (nSPS) is 12.8. The number of rotatable bonds is 2. The maximum atomic E-state index is 10.6. The molecule has 2 aromatic rings. The second-order valence-electron chi connectivity index (χ2n) is 5.08. The van der Waals surface area contributed by atoms with Crippen molar-refractivity contribution < 1.29 is 9.52 Å². The Morgan fingerprint density at radius 3 is 1.89 bits per heavy atom. The summed E-state index contributed by atoms with van der Waals surface area (Å²) in [7, 11) is 0. The van der Waals surface area contributed by atoms with Crippen molar-refractivity contribution in [2.45, 2.75) is 40.7 Å². The summed E-state index contributed by atoms with van der Waals surface area (Å²) in [5, 5.41) is 10.6. The van der Waals surface area contributed by atoms with E-state index in [0.717, 1.165) is 28.2 Å². The third-order valence-corrected chi connectivity index (χ3v) is 3.45. The average molecular weight is 244 g/mol. The van der Waals surface area contributed by atoms with Crippen molar-refractivity contribution in [3.05, 3.63) is 57.5 Å². The van der Waals surface area contributed by atoms with Crippen molar-refractivity contribution in [3.8, 4) is 0 Å². The Labute approximate surface area is 108 Å². The highest BCUT2D eigenvalue weighted by atomic mass is 16.3. The number of aryl methyl sites for hydroxylation is 4. The molecule has 1 atom stereocenters. The van der Waals surface area contributed by atoms with Crippen LogP contribution in [0, 0.1) is 34.6 Å². The lowest BCUT2D eigenvalue weighted by atomic mass is 9.95. The topological polar surface area (TPSA) is 33.4 Å². The first-order chi connectivity index (χ1) is 8.40. The molecule has 1 aromatic carbocycles. The molecule has 2 nitrogen and oxygen atoms in total. The number of aliphatic hydroxyl groups is 1. The van der Waals surface area contributed by atoms with Gasteiger partial charge in [-0.2, -0.15) is 0 Å². The lowest BCUT2D eigenvalue weighted by Crippen LogP contribution is -2.03. The van der Waals surface area contributed by atoms with Gasteiger partial charge in [0.2, 0.25) is 0 Å². The summed E-state index contributed by atoms with van der Waals surface area (Å²) in [6, 6.07) is 6.16. The molecule has 0 amide bonds. The average Bonchev–Trinajstić information content (AvgIpc) is 2.51. The van der Waals surface area contributed by atoms with E-state index in [2.05, 4.69) is 6.07 Å². The number of hydrogen-bond acceptors (Lipinski definition) is 2. The molecule has 0 saturated heterocycles. The zero-order valence-electron chi connectivity index (χ0n) is 11.7. The lowest BCUT2D eigenvalue weighted by molar-refractivity contribution is 0.217. The van der Waals surface area contributed by atoms with Gasteiger partial charge in [-0.1, -0.05) is 29.3 Å². The van der Waals surface area contributed by atoms with Crippen LogP contribution in [0.3, 0.4) is 0 Å². The molecule has 0 aliphatic carbocycles. The van der Waals surface area contributed by atoms with Gasteiger partial charge in [0.25, 0.3) is 0 Å². The Bertz CT molecular complexity index is 559. The predicted octanol–water partition coefficient (Wildman–Crippen LogP) is 3.90. The van der Waals surface area contributed by atoms with Gasteiger partial charge in [-0.15, -0.1) is 0 Å². The fourth-order valence-corrected chi connectivity index (χ4v) is 2.55. The second-order valence-corrected chi connectivity index (χ2v) is 5.08. The molecule has 0 fully saturated rings. The maximum absolute atomic E-state index is 10.6. The van der Waals surface area contributed by atoms with Gasteiger partial charge < -0.3 is 9.52 Å². The molecule has 0 aliphatic rings. The van der Waals surface area contributed by atoms with E-state index >= 15 is 0 Å². The van der Waals surface area contributed by atoms with Crippen molar-refractivity contribution in [2.24, 2.45) is 0 Å². The largest absolute Gasteiger partial charge is 0.466 e. The quantitative estimate of drug-likeness (QED) is 0.869. The smallest absolute Gasteiger partial charge is 0.108 e. The molecule has 0 radical (unpaired) electrons. The van der Waals surface area contributed by atoms with Crippen LogP contribution in [0.25, 0.3) is 0 Å². The van der Waals surface area contributed by atoms with Gasteiger partial charge in [0.05, 0.1) is 0 Å². The summed E-state index contributed by atoms with van der Waals surface area (Å²) in [6.45, 7) is 9.92. The third-order valence-electron chi connectivity index (χ3n) is 3.45. The Balaban J connectivity index is 2.50. The van der Waals surface area contributed by atoms with Crippen LogP contribution in [0.15, 0.2) is 22.6 Å². The zero-order chi connectivity index (χ0) is 13.4. The first kappa shape index (κ1) is 12.9. The van der Waals surface area contributed by atoms with Gasteiger partial charge in [0.1, 0.15) is 17.6 Å². The summed E-state index contributed by atoms with van der Waals surface area (Å²) >= 11 is 0. The van der Waals surface area contributed by atoms with E-state index in [1.807, 2.05) is 46.8 Å². The van der Waals surface area contributed by atoms with E-state index in [1.165, 1.54) is 11.1 Å². The third kappa shape index (κ3) is 2.21. The minimum atomic E-state index is -0.610. The van der Waals surface area contributed by atoms with Crippen molar-refractivity contribution in [1.29, 1.82) is 0 Å². The first-order valence-corrected chi connectivity index (χ1v) is 6.23. The van der Waals surface area contributed by atoms with Gasteiger partial charge in [-0.3, -0.25) is 0 Å². The Kier molecular flexibility index (Phi) is 3.31. The Hall–Kier alpha value is -1.54. The van der Waals surface area contributed by atoms with Crippen LogP contribution in [0.1, 0.15) is 45.4 Å². The van der Waals surface area contributed by atoms with Crippen molar-refractivity contribution >= 4 is 0 Å². The molecule has 1 aromatic heterocycles. The first-order valence-electron chi connectivity index (χ1n) is 6.23. The number of hydrogen-bond donors (Lipinski definition) is 1. The molecule has 0 bridgehead atoms. The summed E-state index contributed by atoms with van der Waals surface area (Å²) < 4.78 is 5.59. The maximum Gasteiger partial charge on any atom is 0.108 e. The van der Waals surface area contributed by atoms with Crippen LogP contribution in [0.2, 0.25) is 0 Å². The van der Waals surface area contributed by atoms with E-state index in [4.69, 9.17) is 4.42 Å². The standard InChI is InChI=1S/C16H20O2/c1-9-6-10(2)8-14(7-9)16(17)15-11(3)12(4)18-13(15)5/h6-8,16-17H,1-5H3. The number of benzene rings is 1. The fraction of sp³-hybridized carbons (Fsp3) is 0.375. The van der Waals surface area contributed by atoms with Crippen LogP contribution >= 0.6 is 0 Å². The monoisotopic (exact) mass is 244 g/mol. The fourth-order valence-electron chi connectivity index (χ4n) is 2.55. The molecule has 18 heavy (non-hydrogen) atoms. The summed E-state index contributed by atoms with van der Waals surface area (Å²) in [4.78, 5) is 0. The molecule has 2 heteroatoms. The van der Waals surface area contributed by atoms with Gasteiger partial charge in [0, 0.05) is 5.56 Å². The zero-order valence-corrected chi connectivity index (χ0v) is 11.7. The number of aliphatic hydroxyl groups excluding tert-OH is 1. The van der Waals surface area contributed by atoms with E-state index < -0.39 is 6.10 Å². The van der Waals surface area contributed by atoms with Crippen LogP contribution in [-0.4, -0.2) is 5.11 Å². The molecule has 1 N–H and O–H groups in total. The van der Waals surface area contributed by atoms with Gasteiger partial charge in [0.15, 0.2) is 0 Å². The van der Waals surface area contributed by atoms with Crippen molar-refractivity contribution in [1.82, 2.24) is 0 Å². The van der Waals surface area contributed by atoms with Crippen molar-refractivity contribution in [3.63, 3.8) is 0 Å². The van der Waals surface area contributed by atoms with Crippen LogP contribution in [0.5, 0.6) is 0 Å². The minimum absolute atomic E-state index is 0.610. The molecular weight excluding hydrogens is 224 g/mol. The molecule has 0 spiro atoms. The molecule has 1 unspecified atom stereocenters. The van der Waals surface area contributed by atoms with Crippen LogP contribution in [0.4, 0.5) is 0 Å². The van der Waals surface area contributed by atoms with Crippen LogP contribution in [-0.2, 0) is 0 Å². The molecule has 0 saturated carbocycles. The highest BCUT2D eigenvalue weighted by Crippen LogP contribution is 2.32. The summed E-state index contributed by atoms with van der Waals surface area (Å²) in [5.74, 6) is 1.68. The minimum Gasteiger partial charge on any atom is -0.466 e. The molecule has 0 aliphatic heterocycles. The molecule has 2 rings (SSSR count). The Morgan fingerprint density at radius 1 is 0.889 bits per heavy atom. The van der Waals surface area contributed by atoms with Gasteiger partial charge in [-0.25, -0.2) is 0 Å². The molecule has 96 valence electrons. The predicted molar refractivity (Wildman–Crippen MR) is 72.9 cm³/mol. The van der Waals surface area contributed by atoms with E-state index in [9.17, 15) is 5.11 Å². The Morgan fingerprint density at radius 2 is 1.44 bits per heavy atom. The van der Waals surface area contributed by atoms with Crippen LogP contribution < -0.4 is 0 Å². The van der Waals surface area contributed by atoms with Gasteiger partial charge >= 0.3 is 0 Å². The number of furan rings is 1. The highest BCUT2D eigenvalue weighted by molar-refractivity contribution is 5.41. The highest BCUT2D eigenvalue weighted by Gasteiger charge is 2.20. The molecule has 1 heterocycles.